The second-order valence-corrected chi connectivity index (χ2v) is 10.4. The first-order valence-corrected chi connectivity index (χ1v) is 12.2. The fourth-order valence-electron chi connectivity index (χ4n) is 3.88. The summed E-state index contributed by atoms with van der Waals surface area (Å²) in [6.07, 6.45) is 1.79. The molecule has 1 aliphatic rings. The summed E-state index contributed by atoms with van der Waals surface area (Å²) in [4.78, 5) is 17.2. The molecule has 6 heteroatoms. The zero-order chi connectivity index (χ0) is 23.4. The Kier molecular flexibility index (Phi) is 7.05. The largest absolute Gasteiger partial charge is 0.493 e. The quantitative estimate of drug-likeness (QED) is 0.476. The third-order valence-electron chi connectivity index (χ3n) is 5.58. The molecule has 1 amide bonds. The van der Waals surface area contributed by atoms with Gasteiger partial charge in [0.05, 0.1) is 12.7 Å². The number of hydrogen-bond acceptors (Lipinski definition) is 5. The van der Waals surface area contributed by atoms with E-state index in [2.05, 4.69) is 30.5 Å². The van der Waals surface area contributed by atoms with Crippen molar-refractivity contribution in [3.63, 3.8) is 0 Å². The van der Waals surface area contributed by atoms with Crippen LogP contribution in [-0.4, -0.2) is 28.4 Å². The van der Waals surface area contributed by atoms with Crippen LogP contribution >= 0.6 is 11.9 Å². The first-order valence-electron chi connectivity index (χ1n) is 11.2. The van der Waals surface area contributed by atoms with Crippen LogP contribution in [0, 0.1) is 11.3 Å². The standard InChI is InChI=1S/C27H30N2O3S/c1-27(2,3)17-33-29-26(31)22-10-5-4-9-21(22)18-11-12-23-24(15-18)32-16-19(25(23)30)14-20-8-6-7-13-28-20/h4-13,15,19,25,30H,14,16-17H2,1-3H3,(H,29,31). The second-order valence-electron chi connectivity index (χ2n) is 9.62. The van der Waals surface area contributed by atoms with E-state index in [-0.39, 0.29) is 17.2 Å². The van der Waals surface area contributed by atoms with Crippen LogP contribution in [0.5, 0.6) is 5.75 Å². The molecule has 2 aromatic carbocycles. The van der Waals surface area contributed by atoms with E-state index in [1.807, 2.05) is 60.7 Å². The van der Waals surface area contributed by atoms with Gasteiger partial charge in [0.15, 0.2) is 0 Å². The minimum atomic E-state index is -0.628. The molecule has 1 aliphatic heterocycles. The molecule has 2 atom stereocenters. The molecule has 1 aromatic heterocycles. The Hall–Kier alpha value is -2.83. The van der Waals surface area contributed by atoms with Gasteiger partial charge >= 0.3 is 0 Å². The number of nitrogens with zero attached hydrogens (tertiary/aromatic N) is 1. The van der Waals surface area contributed by atoms with Crippen molar-refractivity contribution in [2.45, 2.75) is 33.3 Å². The normalized spacial score (nSPS) is 17.7. The van der Waals surface area contributed by atoms with Gasteiger partial charge in [-0.25, -0.2) is 0 Å². The molecule has 0 saturated carbocycles. The van der Waals surface area contributed by atoms with Crippen molar-refractivity contribution in [1.82, 2.24) is 9.71 Å². The SMILES string of the molecule is CC(C)(C)CSNC(=O)c1ccccc1-c1ccc2c(c1)OCC(Cc1ccccn1)C2O. The van der Waals surface area contributed by atoms with Gasteiger partial charge in [-0.05, 0) is 59.2 Å². The van der Waals surface area contributed by atoms with Crippen molar-refractivity contribution >= 4 is 17.9 Å². The summed E-state index contributed by atoms with van der Waals surface area (Å²) < 4.78 is 9.02. The number of amides is 1. The van der Waals surface area contributed by atoms with Crippen LogP contribution < -0.4 is 9.46 Å². The lowest BCUT2D eigenvalue weighted by molar-refractivity contribution is 0.0503. The van der Waals surface area contributed by atoms with E-state index in [1.165, 1.54) is 11.9 Å². The highest BCUT2D eigenvalue weighted by Crippen LogP contribution is 2.39. The lowest BCUT2D eigenvalue weighted by Gasteiger charge is -2.30. The number of carbonyl (C=O) groups is 1. The number of nitrogens with one attached hydrogen (secondary N) is 1. The number of aliphatic hydroxyl groups excluding tert-OH is 1. The van der Waals surface area contributed by atoms with Crippen molar-refractivity contribution in [3.8, 4) is 16.9 Å². The summed E-state index contributed by atoms with van der Waals surface area (Å²) in [6.45, 7) is 6.84. The van der Waals surface area contributed by atoms with Gasteiger partial charge in [-0.2, -0.15) is 0 Å². The summed E-state index contributed by atoms with van der Waals surface area (Å²) in [5.74, 6) is 1.31. The Morgan fingerprint density at radius 2 is 1.94 bits per heavy atom. The molecule has 2 heterocycles. The van der Waals surface area contributed by atoms with Gasteiger partial charge in [-0.3, -0.25) is 14.5 Å². The smallest absolute Gasteiger partial charge is 0.261 e. The van der Waals surface area contributed by atoms with Crippen molar-refractivity contribution < 1.29 is 14.6 Å². The highest BCUT2D eigenvalue weighted by atomic mass is 32.2. The van der Waals surface area contributed by atoms with Gasteiger partial charge in [0.2, 0.25) is 0 Å². The first kappa shape index (κ1) is 23.3. The van der Waals surface area contributed by atoms with Crippen molar-refractivity contribution in [3.05, 3.63) is 83.7 Å². The molecule has 0 radical (unpaired) electrons. The Morgan fingerprint density at radius 1 is 1.15 bits per heavy atom. The maximum absolute atomic E-state index is 12.9. The van der Waals surface area contributed by atoms with Gasteiger partial charge < -0.3 is 9.84 Å². The average Bonchev–Trinajstić information content (AvgIpc) is 2.80. The monoisotopic (exact) mass is 462 g/mol. The minimum absolute atomic E-state index is 0.0591. The Bertz CT molecular complexity index is 1110. The number of rotatable bonds is 6. The van der Waals surface area contributed by atoms with Crippen LogP contribution in [0.15, 0.2) is 66.9 Å². The first-order chi connectivity index (χ1) is 15.8. The van der Waals surface area contributed by atoms with E-state index in [0.717, 1.165) is 28.1 Å². The second kappa shape index (κ2) is 9.98. The van der Waals surface area contributed by atoms with Crippen LogP contribution in [0.4, 0.5) is 0 Å². The fourth-order valence-corrected chi connectivity index (χ4v) is 4.62. The highest BCUT2D eigenvalue weighted by molar-refractivity contribution is 7.97. The minimum Gasteiger partial charge on any atom is -0.493 e. The van der Waals surface area contributed by atoms with Crippen molar-refractivity contribution in [2.75, 3.05) is 12.4 Å². The zero-order valence-electron chi connectivity index (χ0n) is 19.2. The maximum atomic E-state index is 12.9. The molecule has 2 N–H and O–H groups in total. The summed E-state index contributed by atoms with van der Waals surface area (Å²) >= 11 is 1.43. The Balaban J connectivity index is 1.52. The lowest BCUT2D eigenvalue weighted by Crippen LogP contribution is -2.28. The van der Waals surface area contributed by atoms with Gasteiger partial charge in [-0.1, -0.05) is 57.2 Å². The highest BCUT2D eigenvalue weighted by Gasteiger charge is 2.30. The van der Waals surface area contributed by atoms with Crippen LogP contribution in [0.3, 0.4) is 0 Å². The molecule has 0 saturated heterocycles. The van der Waals surface area contributed by atoms with Crippen molar-refractivity contribution in [2.24, 2.45) is 11.3 Å². The molecule has 33 heavy (non-hydrogen) atoms. The van der Waals surface area contributed by atoms with Gasteiger partial charge in [0.25, 0.3) is 5.91 Å². The summed E-state index contributed by atoms with van der Waals surface area (Å²) in [5.41, 5.74) is 4.17. The number of ether oxygens (including phenoxy) is 1. The molecule has 5 nitrogen and oxygen atoms in total. The summed E-state index contributed by atoms with van der Waals surface area (Å²) in [5, 5.41) is 11.0. The number of aromatic nitrogens is 1. The molecule has 0 aliphatic carbocycles. The predicted molar refractivity (Wildman–Crippen MR) is 133 cm³/mol. The molecule has 4 rings (SSSR count). The lowest BCUT2D eigenvalue weighted by atomic mass is 9.88. The molecule has 0 spiro atoms. The zero-order valence-corrected chi connectivity index (χ0v) is 20.1. The molecular formula is C27H30N2O3S. The van der Waals surface area contributed by atoms with E-state index < -0.39 is 6.10 Å². The Labute approximate surface area is 199 Å². The van der Waals surface area contributed by atoms with Crippen LogP contribution in [-0.2, 0) is 6.42 Å². The fraction of sp³-hybridized carbons (Fsp3) is 0.333. The molecular weight excluding hydrogens is 432 g/mol. The van der Waals surface area contributed by atoms with Crippen LogP contribution in [0.2, 0.25) is 0 Å². The Morgan fingerprint density at radius 3 is 2.70 bits per heavy atom. The van der Waals surface area contributed by atoms with Gasteiger partial charge in [0.1, 0.15) is 5.75 Å². The number of fused-ring (bicyclic) bond motifs is 1. The number of aliphatic hydroxyl groups is 1. The molecule has 0 fully saturated rings. The number of pyridine rings is 1. The van der Waals surface area contributed by atoms with E-state index in [9.17, 15) is 9.90 Å². The van der Waals surface area contributed by atoms with E-state index in [0.29, 0.717) is 24.3 Å². The van der Waals surface area contributed by atoms with Crippen molar-refractivity contribution in [1.29, 1.82) is 0 Å². The van der Waals surface area contributed by atoms with Crippen LogP contribution in [0.25, 0.3) is 11.1 Å². The number of benzene rings is 2. The van der Waals surface area contributed by atoms with E-state index in [1.54, 1.807) is 6.20 Å². The average molecular weight is 463 g/mol. The molecule has 3 aromatic rings. The number of carbonyl (C=O) groups excluding carboxylic acids is 1. The topological polar surface area (TPSA) is 71.5 Å². The number of hydrogen-bond donors (Lipinski definition) is 2. The summed E-state index contributed by atoms with van der Waals surface area (Å²) in [6, 6.07) is 19.1. The van der Waals surface area contributed by atoms with Crippen LogP contribution in [0.1, 0.15) is 48.5 Å². The van der Waals surface area contributed by atoms with E-state index >= 15 is 0 Å². The van der Waals surface area contributed by atoms with Gasteiger partial charge in [-0.15, -0.1) is 0 Å². The third-order valence-corrected chi connectivity index (χ3v) is 6.92. The van der Waals surface area contributed by atoms with Gasteiger partial charge in [0, 0.05) is 34.7 Å². The van der Waals surface area contributed by atoms with E-state index in [4.69, 9.17) is 4.74 Å². The molecule has 2 unspecified atom stereocenters. The maximum Gasteiger partial charge on any atom is 0.261 e. The third kappa shape index (κ3) is 5.75. The predicted octanol–water partition coefficient (Wildman–Crippen LogP) is 5.46. The summed E-state index contributed by atoms with van der Waals surface area (Å²) in [7, 11) is 0. The molecule has 172 valence electrons. The molecule has 0 bridgehead atoms.